The van der Waals surface area contributed by atoms with E-state index in [-0.39, 0.29) is 6.54 Å². The quantitative estimate of drug-likeness (QED) is 0.604. The Bertz CT molecular complexity index is 274. The Morgan fingerprint density at radius 3 is 2.22 bits per heavy atom. The lowest BCUT2D eigenvalue weighted by Gasteiger charge is -2.29. The predicted octanol–water partition coefficient (Wildman–Crippen LogP) is 1.90. The summed E-state index contributed by atoms with van der Waals surface area (Å²) in [5.74, 6) is -0.531. The second-order valence-corrected chi connectivity index (χ2v) is 4.73. The van der Waals surface area contributed by atoms with Gasteiger partial charge in [-0.3, -0.25) is 9.63 Å². The fraction of sp³-hybridized carbons (Fsp3) is 0.909. The summed E-state index contributed by atoms with van der Waals surface area (Å²) in [6.07, 6.45) is 0.534. The third-order valence-electron chi connectivity index (χ3n) is 3.33. The minimum atomic E-state index is -4.45. The number of hydroxylamine groups is 1. The maximum Gasteiger partial charge on any atom is 0.414 e. The Hall–Kier alpha value is -0.820. The van der Waals surface area contributed by atoms with E-state index in [1.807, 2.05) is 5.48 Å². The van der Waals surface area contributed by atoms with E-state index in [4.69, 9.17) is 5.73 Å². The average Bonchev–Trinajstić information content (AvgIpc) is 2.53. The summed E-state index contributed by atoms with van der Waals surface area (Å²) in [4.78, 5) is 16.1. The fourth-order valence-corrected chi connectivity index (χ4v) is 2.22. The van der Waals surface area contributed by atoms with E-state index in [1.54, 1.807) is 0 Å². The molecule has 0 aromatic rings. The van der Waals surface area contributed by atoms with Gasteiger partial charge in [-0.2, -0.15) is 13.2 Å². The third-order valence-corrected chi connectivity index (χ3v) is 3.33. The SMILES string of the molecule is NCC1(C(=O)NOCC(F)(F)F)CCCCCC1. The normalized spacial score (nSPS) is 20.2. The molecule has 1 rings (SSSR count). The van der Waals surface area contributed by atoms with E-state index in [1.165, 1.54) is 0 Å². The van der Waals surface area contributed by atoms with Gasteiger partial charge in [-0.1, -0.05) is 25.7 Å². The summed E-state index contributed by atoms with van der Waals surface area (Å²) < 4.78 is 35.7. The van der Waals surface area contributed by atoms with Gasteiger partial charge in [0.25, 0.3) is 5.91 Å². The van der Waals surface area contributed by atoms with Crippen LogP contribution < -0.4 is 11.2 Å². The van der Waals surface area contributed by atoms with Crippen molar-refractivity contribution in [1.29, 1.82) is 0 Å². The van der Waals surface area contributed by atoms with Crippen molar-refractivity contribution in [3.8, 4) is 0 Å². The monoisotopic (exact) mass is 268 g/mol. The average molecular weight is 268 g/mol. The van der Waals surface area contributed by atoms with Crippen LogP contribution in [0.15, 0.2) is 0 Å². The van der Waals surface area contributed by atoms with Crippen molar-refractivity contribution in [3.05, 3.63) is 0 Å². The van der Waals surface area contributed by atoms with Gasteiger partial charge in [-0.05, 0) is 12.8 Å². The van der Waals surface area contributed by atoms with Crippen molar-refractivity contribution in [1.82, 2.24) is 5.48 Å². The maximum atomic E-state index is 11.9. The molecule has 18 heavy (non-hydrogen) atoms. The molecule has 1 fully saturated rings. The first-order valence-electron chi connectivity index (χ1n) is 6.09. The Morgan fingerprint density at radius 1 is 1.22 bits per heavy atom. The summed E-state index contributed by atoms with van der Waals surface area (Å²) in [6.45, 7) is -1.35. The van der Waals surface area contributed by atoms with Gasteiger partial charge in [-0.15, -0.1) is 0 Å². The molecule has 7 heteroatoms. The van der Waals surface area contributed by atoms with Crippen LogP contribution in [-0.4, -0.2) is 25.2 Å². The molecule has 1 aliphatic rings. The van der Waals surface area contributed by atoms with Crippen LogP contribution in [0, 0.1) is 5.41 Å². The number of hydrogen-bond acceptors (Lipinski definition) is 3. The number of alkyl halides is 3. The number of rotatable bonds is 4. The highest BCUT2D eigenvalue weighted by Gasteiger charge is 2.38. The third kappa shape index (κ3) is 4.45. The van der Waals surface area contributed by atoms with Gasteiger partial charge in [0.2, 0.25) is 0 Å². The molecule has 0 atom stereocenters. The molecule has 0 aromatic heterocycles. The predicted molar refractivity (Wildman–Crippen MR) is 59.3 cm³/mol. The van der Waals surface area contributed by atoms with Crippen molar-refractivity contribution >= 4 is 5.91 Å². The van der Waals surface area contributed by atoms with E-state index in [2.05, 4.69) is 4.84 Å². The first kappa shape index (κ1) is 15.2. The molecule has 0 radical (unpaired) electrons. The van der Waals surface area contributed by atoms with E-state index < -0.39 is 24.1 Å². The van der Waals surface area contributed by atoms with Crippen molar-refractivity contribution < 1.29 is 22.8 Å². The standard InChI is InChI=1S/C11H19F3N2O2/c12-11(13,14)8-18-16-9(17)10(7-15)5-3-1-2-4-6-10/h1-8,15H2,(H,16,17). The summed E-state index contributed by atoms with van der Waals surface area (Å²) >= 11 is 0. The number of hydrogen-bond donors (Lipinski definition) is 2. The van der Waals surface area contributed by atoms with E-state index >= 15 is 0 Å². The highest BCUT2D eigenvalue weighted by molar-refractivity contribution is 5.82. The highest BCUT2D eigenvalue weighted by Crippen LogP contribution is 2.34. The first-order valence-corrected chi connectivity index (χ1v) is 6.09. The zero-order valence-electron chi connectivity index (χ0n) is 10.2. The lowest BCUT2D eigenvalue weighted by Crippen LogP contribution is -2.46. The van der Waals surface area contributed by atoms with Crippen LogP contribution >= 0.6 is 0 Å². The number of nitrogens with one attached hydrogen (secondary N) is 1. The Morgan fingerprint density at radius 2 is 1.78 bits per heavy atom. The molecule has 106 valence electrons. The van der Waals surface area contributed by atoms with Gasteiger partial charge in [0.1, 0.15) is 0 Å². The van der Waals surface area contributed by atoms with Crippen LogP contribution in [0.1, 0.15) is 38.5 Å². The topological polar surface area (TPSA) is 64.4 Å². The molecule has 0 aliphatic heterocycles. The molecule has 0 unspecified atom stereocenters. The van der Waals surface area contributed by atoms with E-state index in [0.717, 1.165) is 25.7 Å². The second-order valence-electron chi connectivity index (χ2n) is 4.73. The Balaban J connectivity index is 2.50. The number of carbonyl (C=O) groups excluding carboxylic acids is 1. The summed E-state index contributed by atoms with van der Waals surface area (Å²) in [7, 11) is 0. The van der Waals surface area contributed by atoms with Gasteiger partial charge in [0.15, 0.2) is 6.61 Å². The molecule has 0 bridgehead atoms. The molecule has 1 amide bonds. The van der Waals surface area contributed by atoms with Gasteiger partial charge < -0.3 is 5.73 Å². The van der Waals surface area contributed by atoms with Crippen LogP contribution in [0.3, 0.4) is 0 Å². The van der Waals surface area contributed by atoms with Crippen molar-refractivity contribution in [2.45, 2.75) is 44.7 Å². The molecule has 0 aromatic carbocycles. The molecule has 0 spiro atoms. The lowest BCUT2D eigenvalue weighted by atomic mass is 9.80. The summed E-state index contributed by atoms with van der Waals surface area (Å²) in [6, 6.07) is 0. The number of nitrogens with two attached hydrogens (primary N) is 1. The summed E-state index contributed by atoms with van der Waals surface area (Å²) in [5, 5.41) is 0. The molecule has 0 heterocycles. The largest absolute Gasteiger partial charge is 0.414 e. The van der Waals surface area contributed by atoms with Crippen LogP contribution in [0.5, 0.6) is 0 Å². The lowest BCUT2D eigenvalue weighted by molar-refractivity contribution is -0.194. The molecular weight excluding hydrogens is 249 g/mol. The van der Waals surface area contributed by atoms with Crippen LogP contribution in [0.2, 0.25) is 0 Å². The molecule has 1 saturated carbocycles. The van der Waals surface area contributed by atoms with E-state index in [0.29, 0.717) is 12.8 Å². The number of amides is 1. The summed E-state index contributed by atoms with van der Waals surface area (Å²) in [5.41, 5.74) is 6.74. The van der Waals surface area contributed by atoms with E-state index in [9.17, 15) is 18.0 Å². The number of carbonyl (C=O) groups is 1. The Labute approximate surface area is 104 Å². The zero-order valence-corrected chi connectivity index (χ0v) is 10.2. The van der Waals surface area contributed by atoms with Crippen molar-refractivity contribution in [3.63, 3.8) is 0 Å². The van der Waals surface area contributed by atoms with Crippen LogP contribution in [-0.2, 0) is 9.63 Å². The molecular formula is C11H19F3N2O2. The maximum absolute atomic E-state index is 11.9. The van der Waals surface area contributed by atoms with Crippen molar-refractivity contribution in [2.75, 3.05) is 13.2 Å². The second kappa shape index (κ2) is 6.38. The zero-order chi connectivity index (χ0) is 13.6. The van der Waals surface area contributed by atoms with Crippen LogP contribution in [0.25, 0.3) is 0 Å². The van der Waals surface area contributed by atoms with Gasteiger partial charge >= 0.3 is 6.18 Å². The molecule has 4 nitrogen and oxygen atoms in total. The van der Waals surface area contributed by atoms with Crippen molar-refractivity contribution in [2.24, 2.45) is 11.1 Å². The molecule has 1 aliphatic carbocycles. The minimum absolute atomic E-state index is 0.133. The fourth-order valence-electron chi connectivity index (χ4n) is 2.22. The Kier molecular flexibility index (Phi) is 5.40. The molecule has 3 N–H and O–H groups in total. The van der Waals surface area contributed by atoms with Gasteiger partial charge in [-0.25, -0.2) is 5.48 Å². The first-order chi connectivity index (χ1) is 8.40. The molecule has 0 saturated heterocycles. The van der Waals surface area contributed by atoms with Gasteiger partial charge in [0, 0.05) is 6.54 Å². The highest BCUT2D eigenvalue weighted by atomic mass is 19.4. The smallest absolute Gasteiger partial charge is 0.329 e. The van der Waals surface area contributed by atoms with Gasteiger partial charge in [0.05, 0.1) is 5.41 Å². The minimum Gasteiger partial charge on any atom is -0.329 e. The number of halogens is 3. The van der Waals surface area contributed by atoms with Crippen LogP contribution in [0.4, 0.5) is 13.2 Å².